The smallest absolute Gasteiger partial charge is 0.353 e. The van der Waals surface area contributed by atoms with Crippen molar-refractivity contribution in [3.05, 3.63) is 70.3 Å². The molecule has 0 saturated heterocycles. The summed E-state index contributed by atoms with van der Waals surface area (Å²) < 4.78 is 12.9. The molecule has 0 aliphatic heterocycles. The summed E-state index contributed by atoms with van der Waals surface area (Å²) in [6, 6.07) is 14.4. The molecule has 0 bridgehead atoms. The summed E-state index contributed by atoms with van der Waals surface area (Å²) in [5, 5.41) is 10.2. The van der Waals surface area contributed by atoms with Crippen LogP contribution in [-0.4, -0.2) is 39.3 Å². The van der Waals surface area contributed by atoms with Crippen LogP contribution < -0.4 is 25.8 Å². The van der Waals surface area contributed by atoms with E-state index < -0.39 is 11.6 Å². The van der Waals surface area contributed by atoms with Crippen LogP contribution in [0.3, 0.4) is 0 Å². The van der Waals surface area contributed by atoms with Crippen LogP contribution in [-0.2, 0) is 11.3 Å². The van der Waals surface area contributed by atoms with Crippen LogP contribution in [0.1, 0.15) is 11.3 Å². The van der Waals surface area contributed by atoms with Crippen LogP contribution in [0.4, 0.5) is 17.3 Å². The third-order valence-electron chi connectivity index (χ3n) is 4.95. The summed E-state index contributed by atoms with van der Waals surface area (Å²) in [5.41, 5.74) is 2.90. The second kappa shape index (κ2) is 9.03. The number of methoxy groups -OCH3 is 2. The van der Waals surface area contributed by atoms with E-state index >= 15 is 0 Å². The van der Waals surface area contributed by atoms with Crippen molar-refractivity contribution in [2.24, 2.45) is 0 Å². The molecule has 2 aromatic carbocycles. The van der Waals surface area contributed by atoms with Crippen molar-refractivity contribution in [1.29, 1.82) is 0 Å². The molecular weight excluding hydrogens is 424 g/mol. The topological polar surface area (TPSA) is 112 Å². The summed E-state index contributed by atoms with van der Waals surface area (Å²) >= 11 is 0. The number of carbonyl (C=O) groups excluding carboxylic acids is 1. The third kappa shape index (κ3) is 4.64. The van der Waals surface area contributed by atoms with E-state index in [4.69, 9.17) is 9.47 Å². The van der Waals surface area contributed by atoms with Gasteiger partial charge in [-0.2, -0.15) is 0 Å². The van der Waals surface area contributed by atoms with E-state index in [0.717, 1.165) is 15.9 Å². The van der Waals surface area contributed by atoms with Crippen LogP contribution in [0.15, 0.2) is 53.3 Å². The van der Waals surface area contributed by atoms with Gasteiger partial charge >= 0.3 is 5.69 Å². The number of anilines is 3. The fourth-order valence-corrected chi connectivity index (χ4v) is 3.42. The monoisotopic (exact) mass is 448 g/mol. The van der Waals surface area contributed by atoms with Crippen LogP contribution in [0.5, 0.6) is 11.5 Å². The Labute approximate surface area is 189 Å². The molecule has 170 valence electrons. The Kier molecular flexibility index (Phi) is 5.99. The zero-order chi connectivity index (χ0) is 23.5. The van der Waals surface area contributed by atoms with Gasteiger partial charge in [0.2, 0.25) is 11.9 Å². The van der Waals surface area contributed by atoms with Crippen molar-refractivity contribution in [3.63, 3.8) is 0 Å². The molecule has 0 atom stereocenters. The standard InChI is InChI=1S/C23H24N6O4/c1-14-6-5-7-16(10-14)25-22-24-15(2)11-20-27-28(23(31)29(20)22)13-21(30)26-18-9-8-17(32-3)12-19(18)33-4/h5-12H,13H2,1-4H3,(H,24,25)(H,26,30). The maximum atomic E-state index is 13.1. The van der Waals surface area contributed by atoms with Gasteiger partial charge in [0, 0.05) is 23.5 Å². The highest BCUT2D eigenvalue weighted by molar-refractivity contribution is 5.92. The minimum absolute atomic E-state index is 0.279. The fourth-order valence-electron chi connectivity index (χ4n) is 3.42. The highest BCUT2D eigenvalue weighted by atomic mass is 16.5. The Morgan fingerprint density at radius 1 is 1.06 bits per heavy atom. The Balaban J connectivity index is 1.62. The number of nitrogens with one attached hydrogen (secondary N) is 2. The van der Waals surface area contributed by atoms with Crippen molar-refractivity contribution in [1.82, 2.24) is 19.2 Å². The molecule has 2 N–H and O–H groups in total. The Morgan fingerprint density at radius 2 is 1.88 bits per heavy atom. The summed E-state index contributed by atoms with van der Waals surface area (Å²) in [5.74, 6) is 0.929. The van der Waals surface area contributed by atoms with E-state index in [0.29, 0.717) is 34.5 Å². The predicted molar refractivity (Wildman–Crippen MR) is 125 cm³/mol. The summed E-state index contributed by atoms with van der Waals surface area (Å²) in [4.78, 5) is 30.2. The maximum Gasteiger partial charge on any atom is 0.353 e. The first kappa shape index (κ1) is 21.9. The van der Waals surface area contributed by atoms with E-state index in [9.17, 15) is 9.59 Å². The lowest BCUT2D eigenvalue weighted by Gasteiger charge is -2.11. The number of rotatable bonds is 7. The molecule has 0 fully saturated rings. The Bertz CT molecular complexity index is 1390. The SMILES string of the molecule is COc1ccc(NC(=O)Cn2nc3cc(C)nc(Nc4cccc(C)c4)n3c2=O)c(OC)c1. The van der Waals surface area contributed by atoms with Crippen LogP contribution >= 0.6 is 0 Å². The predicted octanol–water partition coefficient (Wildman–Crippen LogP) is 2.91. The number of hydrogen-bond donors (Lipinski definition) is 2. The summed E-state index contributed by atoms with van der Waals surface area (Å²) in [6.07, 6.45) is 0. The number of ether oxygens (including phenoxy) is 2. The van der Waals surface area contributed by atoms with Gasteiger partial charge in [-0.15, -0.1) is 5.10 Å². The van der Waals surface area contributed by atoms with Gasteiger partial charge in [-0.05, 0) is 43.7 Å². The minimum atomic E-state index is -0.482. The maximum absolute atomic E-state index is 13.1. The molecule has 2 aromatic heterocycles. The summed E-state index contributed by atoms with van der Waals surface area (Å²) in [7, 11) is 3.04. The van der Waals surface area contributed by atoms with Gasteiger partial charge in [0.25, 0.3) is 0 Å². The van der Waals surface area contributed by atoms with Crippen molar-refractivity contribution in [3.8, 4) is 11.5 Å². The zero-order valence-electron chi connectivity index (χ0n) is 18.7. The molecule has 0 spiro atoms. The first-order valence-corrected chi connectivity index (χ1v) is 10.2. The van der Waals surface area contributed by atoms with E-state index in [1.807, 2.05) is 38.1 Å². The average molecular weight is 448 g/mol. The number of aryl methyl sites for hydroxylation is 2. The van der Waals surface area contributed by atoms with Crippen molar-refractivity contribution in [2.45, 2.75) is 20.4 Å². The summed E-state index contributed by atoms with van der Waals surface area (Å²) in [6.45, 7) is 3.51. The number of amides is 1. The largest absolute Gasteiger partial charge is 0.497 e. The quantitative estimate of drug-likeness (QED) is 0.447. The lowest BCUT2D eigenvalue weighted by Crippen LogP contribution is -2.29. The Morgan fingerprint density at radius 3 is 2.61 bits per heavy atom. The van der Waals surface area contributed by atoms with Gasteiger partial charge in [0.05, 0.1) is 19.9 Å². The Hall–Kier alpha value is -4.34. The normalized spacial score (nSPS) is 10.8. The van der Waals surface area contributed by atoms with Crippen LogP contribution in [0.2, 0.25) is 0 Å². The van der Waals surface area contributed by atoms with Crippen molar-refractivity contribution >= 4 is 28.9 Å². The van der Waals surface area contributed by atoms with Gasteiger partial charge in [0.15, 0.2) is 5.65 Å². The highest BCUT2D eigenvalue weighted by Crippen LogP contribution is 2.29. The molecule has 2 heterocycles. The molecule has 10 nitrogen and oxygen atoms in total. The number of carbonyl (C=O) groups is 1. The van der Waals surface area contributed by atoms with Crippen molar-refractivity contribution in [2.75, 3.05) is 24.9 Å². The second-order valence-electron chi connectivity index (χ2n) is 7.46. The molecule has 4 aromatic rings. The van der Waals surface area contributed by atoms with Crippen molar-refractivity contribution < 1.29 is 14.3 Å². The molecule has 0 radical (unpaired) electrons. The number of hydrogen-bond acceptors (Lipinski definition) is 7. The van der Waals surface area contributed by atoms with Crippen LogP contribution in [0.25, 0.3) is 5.65 Å². The van der Waals surface area contributed by atoms with Crippen LogP contribution in [0, 0.1) is 13.8 Å². The van der Waals surface area contributed by atoms with Gasteiger partial charge in [-0.1, -0.05) is 12.1 Å². The number of fused-ring (bicyclic) bond motifs is 1. The van der Waals surface area contributed by atoms with E-state index in [1.54, 1.807) is 31.4 Å². The average Bonchev–Trinajstić information content (AvgIpc) is 3.08. The first-order chi connectivity index (χ1) is 15.9. The highest BCUT2D eigenvalue weighted by Gasteiger charge is 2.16. The molecular formula is C23H24N6O4. The van der Waals surface area contributed by atoms with Gasteiger partial charge in [0.1, 0.15) is 18.0 Å². The molecule has 0 aliphatic carbocycles. The second-order valence-corrected chi connectivity index (χ2v) is 7.46. The number of aromatic nitrogens is 4. The van der Waals surface area contributed by atoms with Gasteiger partial charge < -0.3 is 20.1 Å². The van der Waals surface area contributed by atoms with Gasteiger partial charge in [-0.3, -0.25) is 4.79 Å². The molecule has 0 unspecified atom stereocenters. The minimum Gasteiger partial charge on any atom is -0.497 e. The first-order valence-electron chi connectivity index (χ1n) is 10.2. The van der Waals surface area contributed by atoms with E-state index in [1.165, 1.54) is 11.5 Å². The zero-order valence-corrected chi connectivity index (χ0v) is 18.7. The van der Waals surface area contributed by atoms with Gasteiger partial charge in [-0.25, -0.2) is 18.9 Å². The molecule has 4 rings (SSSR count). The lowest BCUT2D eigenvalue weighted by molar-refractivity contribution is -0.117. The third-order valence-corrected chi connectivity index (χ3v) is 4.95. The molecule has 33 heavy (non-hydrogen) atoms. The fraction of sp³-hybridized carbons (Fsp3) is 0.217. The lowest BCUT2D eigenvalue weighted by atomic mass is 10.2. The molecule has 10 heteroatoms. The molecule has 1 amide bonds. The molecule has 0 aliphatic rings. The van der Waals surface area contributed by atoms with E-state index in [2.05, 4.69) is 20.7 Å². The molecule has 0 saturated carbocycles. The van der Waals surface area contributed by atoms with E-state index in [-0.39, 0.29) is 6.54 Å². The number of nitrogens with zero attached hydrogens (tertiary/aromatic N) is 4. The number of benzene rings is 2.